The summed E-state index contributed by atoms with van der Waals surface area (Å²) in [5, 5.41) is 2.99. The number of nitrogens with two attached hydrogens (primary N) is 1. The molecule has 1 aliphatic rings. The monoisotopic (exact) mass is 248 g/mol. The van der Waals surface area contributed by atoms with Gasteiger partial charge in [0.2, 0.25) is 5.91 Å². The Bertz CT molecular complexity index is 226. The molecule has 96 valence electrons. The minimum absolute atomic E-state index is 0. The molecule has 1 fully saturated rings. The number of nitrogens with one attached hydrogen (secondary N) is 1. The van der Waals surface area contributed by atoms with Gasteiger partial charge in [-0.3, -0.25) is 4.79 Å². The van der Waals surface area contributed by atoms with Crippen LogP contribution in [0.25, 0.3) is 0 Å². The van der Waals surface area contributed by atoms with Gasteiger partial charge < -0.3 is 11.1 Å². The summed E-state index contributed by atoms with van der Waals surface area (Å²) < 4.78 is 0. The Kier molecular flexibility index (Phi) is 6.34. The molecule has 3 nitrogen and oxygen atoms in total. The van der Waals surface area contributed by atoms with Crippen LogP contribution in [0.2, 0.25) is 0 Å². The first kappa shape index (κ1) is 15.7. The number of halogens is 1. The average Bonchev–Trinajstić information content (AvgIpc) is 2.48. The Morgan fingerprint density at radius 3 is 2.44 bits per heavy atom. The summed E-state index contributed by atoms with van der Waals surface area (Å²) in [7, 11) is 0. The second kappa shape index (κ2) is 6.45. The lowest BCUT2D eigenvalue weighted by molar-refractivity contribution is -0.125. The van der Waals surface area contributed by atoms with E-state index in [2.05, 4.69) is 26.1 Å². The highest BCUT2D eigenvalue weighted by molar-refractivity contribution is 5.85. The highest BCUT2D eigenvalue weighted by Gasteiger charge is 2.29. The predicted octanol–water partition coefficient (Wildman–Crippen LogP) is 2.09. The van der Waals surface area contributed by atoms with Crippen LogP contribution >= 0.6 is 12.4 Å². The van der Waals surface area contributed by atoms with Crippen LogP contribution in [0.1, 0.15) is 46.5 Å². The number of carbonyl (C=O) groups is 1. The van der Waals surface area contributed by atoms with Crippen LogP contribution in [0.4, 0.5) is 0 Å². The molecule has 0 radical (unpaired) electrons. The normalized spacial score (nSPS) is 25.0. The second-order valence-corrected chi connectivity index (χ2v) is 5.80. The number of amides is 1. The van der Waals surface area contributed by atoms with Gasteiger partial charge in [0.15, 0.2) is 0 Å². The minimum Gasteiger partial charge on any atom is -0.356 e. The van der Waals surface area contributed by atoms with E-state index in [0.717, 1.165) is 32.2 Å². The van der Waals surface area contributed by atoms with Crippen LogP contribution in [0.5, 0.6) is 0 Å². The Hall–Kier alpha value is -0.280. The fourth-order valence-electron chi connectivity index (χ4n) is 2.01. The molecule has 0 spiro atoms. The maximum Gasteiger partial charge on any atom is 0.224 e. The third-order valence-electron chi connectivity index (χ3n) is 3.08. The SMILES string of the molecule is CC(C)(C)CCNC(=O)C1CCCC1N.Cl. The van der Waals surface area contributed by atoms with Gasteiger partial charge in [0.1, 0.15) is 0 Å². The zero-order chi connectivity index (χ0) is 11.5. The van der Waals surface area contributed by atoms with Crippen LogP contribution in [0.15, 0.2) is 0 Å². The largest absolute Gasteiger partial charge is 0.356 e. The molecule has 0 aromatic rings. The van der Waals surface area contributed by atoms with Gasteiger partial charge in [-0.1, -0.05) is 27.2 Å². The highest BCUT2D eigenvalue weighted by atomic mass is 35.5. The Labute approximate surface area is 105 Å². The number of hydrogen-bond donors (Lipinski definition) is 2. The molecule has 1 rings (SSSR count). The Morgan fingerprint density at radius 2 is 2.00 bits per heavy atom. The van der Waals surface area contributed by atoms with Crippen molar-refractivity contribution < 1.29 is 4.79 Å². The molecule has 2 unspecified atom stereocenters. The predicted molar refractivity (Wildman–Crippen MR) is 69.6 cm³/mol. The summed E-state index contributed by atoms with van der Waals surface area (Å²) in [6.45, 7) is 7.31. The van der Waals surface area contributed by atoms with Gasteiger partial charge in [-0.25, -0.2) is 0 Å². The average molecular weight is 249 g/mol. The fourth-order valence-corrected chi connectivity index (χ4v) is 2.01. The van der Waals surface area contributed by atoms with E-state index in [1.54, 1.807) is 0 Å². The molecule has 2 atom stereocenters. The molecule has 4 heteroatoms. The molecule has 1 saturated carbocycles. The van der Waals surface area contributed by atoms with Crippen LogP contribution < -0.4 is 11.1 Å². The van der Waals surface area contributed by atoms with E-state index < -0.39 is 0 Å². The first-order chi connectivity index (χ1) is 6.90. The zero-order valence-electron chi connectivity index (χ0n) is 10.6. The molecule has 16 heavy (non-hydrogen) atoms. The van der Waals surface area contributed by atoms with Gasteiger partial charge in [0.25, 0.3) is 0 Å². The van der Waals surface area contributed by atoms with E-state index >= 15 is 0 Å². The number of carbonyl (C=O) groups excluding carboxylic acids is 1. The molecule has 0 saturated heterocycles. The summed E-state index contributed by atoms with van der Waals surface area (Å²) in [5.41, 5.74) is 6.16. The van der Waals surface area contributed by atoms with E-state index in [4.69, 9.17) is 5.73 Å². The first-order valence-corrected chi connectivity index (χ1v) is 5.93. The van der Waals surface area contributed by atoms with Crippen molar-refractivity contribution in [3.63, 3.8) is 0 Å². The summed E-state index contributed by atoms with van der Waals surface area (Å²) in [6.07, 6.45) is 4.07. The maximum atomic E-state index is 11.8. The lowest BCUT2D eigenvalue weighted by Crippen LogP contribution is -2.39. The van der Waals surface area contributed by atoms with E-state index in [9.17, 15) is 4.79 Å². The van der Waals surface area contributed by atoms with Crippen molar-refractivity contribution in [3.8, 4) is 0 Å². The molecule has 3 N–H and O–H groups in total. The van der Waals surface area contributed by atoms with Crippen LogP contribution in [0, 0.1) is 11.3 Å². The third-order valence-corrected chi connectivity index (χ3v) is 3.08. The fraction of sp³-hybridized carbons (Fsp3) is 0.917. The van der Waals surface area contributed by atoms with Crippen molar-refractivity contribution >= 4 is 18.3 Å². The second-order valence-electron chi connectivity index (χ2n) is 5.80. The molecule has 0 aromatic carbocycles. The van der Waals surface area contributed by atoms with Crippen LogP contribution in [-0.2, 0) is 4.79 Å². The summed E-state index contributed by atoms with van der Waals surface area (Å²) in [4.78, 5) is 11.8. The van der Waals surface area contributed by atoms with Crippen LogP contribution in [-0.4, -0.2) is 18.5 Å². The first-order valence-electron chi connectivity index (χ1n) is 5.93. The van der Waals surface area contributed by atoms with Crippen LogP contribution in [0.3, 0.4) is 0 Å². The molecular weight excluding hydrogens is 224 g/mol. The summed E-state index contributed by atoms with van der Waals surface area (Å²) in [6, 6.07) is 0.0830. The number of rotatable bonds is 3. The molecule has 1 aliphatic carbocycles. The zero-order valence-corrected chi connectivity index (χ0v) is 11.4. The van der Waals surface area contributed by atoms with Crippen molar-refractivity contribution in [2.45, 2.75) is 52.5 Å². The standard InChI is InChI=1S/C12H24N2O.ClH/c1-12(2,3)7-8-14-11(15)9-5-4-6-10(9)13;/h9-10H,4-8,13H2,1-3H3,(H,14,15);1H. The van der Waals surface area contributed by atoms with E-state index in [1.165, 1.54) is 0 Å². The Morgan fingerprint density at radius 1 is 1.38 bits per heavy atom. The van der Waals surface area contributed by atoms with Crippen molar-refractivity contribution in [1.82, 2.24) is 5.32 Å². The summed E-state index contributed by atoms with van der Waals surface area (Å²) in [5.74, 6) is 0.217. The van der Waals surface area contributed by atoms with Crippen molar-refractivity contribution in [1.29, 1.82) is 0 Å². The van der Waals surface area contributed by atoms with Crippen molar-refractivity contribution in [2.75, 3.05) is 6.54 Å². The van der Waals surface area contributed by atoms with Gasteiger partial charge in [-0.05, 0) is 24.7 Å². The Balaban J connectivity index is 0.00000225. The molecule has 0 bridgehead atoms. The highest BCUT2D eigenvalue weighted by Crippen LogP contribution is 2.24. The lowest BCUT2D eigenvalue weighted by Gasteiger charge is -2.20. The topological polar surface area (TPSA) is 55.1 Å². The molecule has 0 heterocycles. The third kappa shape index (κ3) is 5.17. The summed E-state index contributed by atoms with van der Waals surface area (Å²) >= 11 is 0. The molecule has 0 aromatic heterocycles. The maximum absolute atomic E-state index is 11.8. The smallest absolute Gasteiger partial charge is 0.224 e. The van der Waals surface area contributed by atoms with Gasteiger partial charge in [-0.15, -0.1) is 12.4 Å². The van der Waals surface area contributed by atoms with Gasteiger partial charge in [-0.2, -0.15) is 0 Å². The van der Waals surface area contributed by atoms with E-state index in [0.29, 0.717) is 0 Å². The molecule has 1 amide bonds. The quantitative estimate of drug-likeness (QED) is 0.804. The van der Waals surface area contributed by atoms with Gasteiger partial charge in [0, 0.05) is 12.6 Å². The lowest BCUT2D eigenvalue weighted by atomic mass is 9.92. The van der Waals surface area contributed by atoms with Gasteiger partial charge in [0.05, 0.1) is 5.92 Å². The van der Waals surface area contributed by atoms with E-state index in [1.807, 2.05) is 0 Å². The van der Waals surface area contributed by atoms with Crippen molar-refractivity contribution in [2.24, 2.45) is 17.1 Å². The van der Waals surface area contributed by atoms with E-state index in [-0.39, 0.29) is 35.7 Å². The number of hydrogen-bond acceptors (Lipinski definition) is 2. The van der Waals surface area contributed by atoms with Crippen molar-refractivity contribution in [3.05, 3.63) is 0 Å². The molecular formula is C12H25ClN2O. The minimum atomic E-state index is 0. The van der Waals surface area contributed by atoms with Gasteiger partial charge >= 0.3 is 0 Å². The molecule has 0 aliphatic heterocycles.